The number of aryl methyl sites for hydroxylation is 18. The minimum atomic E-state index is 0.895. The van der Waals surface area contributed by atoms with Crippen molar-refractivity contribution in [1.29, 1.82) is 0 Å². The number of rotatable bonds is 10. The molecule has 0 radical (unpaired) electrons. The number of hydrogen-bond donors (Lipinski definition) is 0. The number of ether oxygens (including phenoxy) is 1. The zero-order chi connectivity index (χ0) is 69.6. The molecule has 0 saturated carbocycles. The van der Waals surface area contributed by atoms with Crippen molar-refractivity contribution in [3.05, 3.63) is 387 Å². The summed E-state index contributed by atoms with van der Waals surface area (Å²) in [6.45, 7) is 42.9. The van der Waals surface area contributed by atoms with Crippen LogP contribution in [0.25, 0.3) is 22.3 Å². The van der Waals surface area contributed by atoms with Gasteiger partial charge in [0.05, 0.1) is 0 Å². The second-order valence-electron chi connectivity index (χ2n) is 27.4. The zero-order valence-electron chi connectivity index (χ0n) is 61.6. The quantitative estimate of drug-likeness (QED) is 0.133. The average molecular weight is 1260 g/mol. The summed E-state index contributed by atoms with van der Waals surface area (Å²) in [6, 6.07) is 87.3. The van der Waals surface area contributed by atoms with Gasteiger partial charge in [-0.3, -0.25) is 0 Å². The highest BCUT2D eigenvalue weighted by Crippen LogP contribution is 2.31. The molecule has 492 valence electrons. The molecule has 0 aliphatic heterocycles. The van der Waals surface area contributed by atoms with Crippen molar-refractivity contribution >= 4 is 0 Å². The first-order chi connectivity index (χ1) is 45.7. The molecule has 0 aliphatic carbocycles. The van der Waals surface area contributed by atoms with Crippen molar-refractivity contribution in [1.82, 2.24) is 0 Å². The van der Waals surface area contributed by atoms with Crippen LogP contribution in [0.1, 0.15) is 145 Å². The van der Waals surface area contributed by atoms with Crippen LogP contribution in [0.5, 0.6) is 11.5 Å². The van der Waals surface area contributed by atoms with Gasteiger partial charge >= 0.3 is 0 Å². The van der Waals surface area contributed by atoms with Crippen molar-refractivity contribution in [3.8, 4) is 33.8 Å². The van der Waals surface area contributed by atoms with E-state index < -0.39 is 0 Å². The lowest BCUT2D eigenvalue weighted by atomic mass is 9.91. The molecule has 12 rings (SSSR count). The monoisotopic (exact) mass is 1260 g/mol. The Morgan fingerprint density at radius 1 is 0.198 bits per heavy atom. The Morgan fingerprint density at radius 3 is 0.958 bits per heavy atom. The van der Waals surface area contributed by atoms with Crippen LogP contribution in [-0.2, 0) is 19.3 Å². The van der Waals surface area contributed by atoms with Gasteiger partial charge in [-0.15, -0.1) is 0 Å². The fourth-order valence-corrected chi connectivity index (χ4v) is 12.5. The average Bonchev–Trinajstić information content (AvgIpc) is 0.828. The van der Waals surface area contributed by atoms with Gasteiger partial charge in [-0.25, -0.2) is 0 Å². The van der Waals surface area contributed by atoms with E-state index in [1.165, 1.54) is 167 Å². The highest BCUT2D eigenvalue weighted by Gasteiger charge is 2.10. The molecule has 0 saturated heterocycles. The fourth-order valence-electron chi connectivity index (χ4n) is 12.5. The van der Waals surface area contributed by atoms with E-state index in [1.54, 1.807) is 0 Å². The van der Waals surface area contributed by atoms with E-state index in [9.17, 15) is 0 Å². The third-order valence-corrected chi connectivity index (χ3v) is 17.4. The van der Waals surface area contributed by atoms with Gasteiger partial charge in [-0.05, 0) is 271 Å². The van der Waals surface area contributed by atoms with Gasteiger partial charge < -0.3 is 4.74 Å². The first-order valence-electron chi connectivity index (χ1n) is 34.2. The van der Waals surface area contributed by atoms with Crippen molar-refractivity contribution in [3.63, 3.8) is 0 Å². The molecule has 0 N–H and O–H groups in total. The normalized spacial score (nSPS) is 10.4. The molecule has 0 heterocycles. The lowest BCUT2D eigenvalue weighted by Crippen LogP contribution is -1.92. The Kier molecular flexibility index (Phi) is 27.5. The maximum Gasteiger partial charge on any atom is 0.130 e. The first kappa shape index (κ1) is 73.8. The van der Waals surface area contributed by atoms with E-state index in [2.05, 4.69) is 357 Å². The molecule has 0 aromatic heterocycles. The van der Waals surface area contributed by atoms with E-state index in [-0.39, 0.29) is 0 Å². The highest BCUT2D eigenvalue weighted by atomic mass is 16.5. The molecule has 0 amide bonds. The topological polar surface area (TPSA) is 9.23 Å². The third-order valence-electron chi connectivity index (χ3n) is 17.4. The summed E-state index contributed by atoms with van der Waals surface area (Å²) in [5.74, 6) is 1.82. The molecular weight excluding hydrogens is 1160 g/mol. The van der Waals surface area contributed by atoms with E-state index in [0.29, 0.717) is 0 Å². The molecule has 0 atom stereocenters. The molecular formula is C95H106O. The SMILES string of the molecule is Cc1ccc(-c2ccc(C)c(C)c2C)c(C)c1.Cc1ccc(-c2ccc(C)cc2C)cc1.Cc1ccc(Cc2cc(C)cc(C)c2)cc1.Cc1cccc(Cc2cc(C)cc(C)c2)c1.Cc1cccc(Cc2cc(C)cc(C)c2)c1.Cc1cccc(Oc2ccc(C)cc2C)c1. The first-order valence-corrected chi connectivity index (χ1v) is 34.2. The Bertz CT molecular complexity index is 4340. The van der Waals surface area contributed by atoms with Crippen LogP contribution >= 0.6 is 0 Å². The summed E-state index contributed by atoms with van der Waals surface area (Å²) in [5, 5.41) is 0. The van der Waals surface area contributed by atoms with Gasteiger partial charge in [-0.1, -0.05) is 297 Å². The van der Waals surface area contributed by atoms with Gasteiger partial charge in [0.15, 0.2) is 0 Å². The molecule has 0 unspecified atom stereocenters. The summed E-state index contributed by atoms with van der Waals surface area (Å²) in [4.78, 5) is 0. The number of hydrogen-bond acceptors (Lipinski definition) is 1. The van der Waals surface area contributed by atoms with Crippen molar-refractivity contribution in [2.75, 3.05) is 0 Å². The highest BCUT2D eigenvalue weighted by molar-refractivity contribution is 5.72. The van der Waals surface area contributed by atoms with E-state index in [4.69, 9.17) is 4.74 Å². The minimum Gasteiger partial charge on any atom is -0.457 e. The molecule has 1 heteroatoms. The van der Waals surface area contributed by atoms with Gasteiger partial charge in [-0.2, -0.15) is 0 Å². The van der Waals surface area contributed by atoms with Crippen LogP contribution in [0.2, 0.25) is 0 Å². The van der Waals surface area contributed by atoms with Crippen LogP contribution in [0, 0.1) is 138 Å². The maximum atomic E-state index is 5.84. The van der Waals surface area contributed by atoms with Crippen LogP contribution in [0.4, 0.5) is 0 Å². The zero-order valence-corrected chi connectivity index (χ0v) is 61.6. The molecule has 96 heavy (non-hydrogen) atoms. The Hall–Kier alpha value is -9.56. The second kappa shape index (κ2) is 35.8. The van der Waals surface area contributed by atoms with Crippen molar-refractivity contribution < 1.29 is 4.74 Å². The summed E-state index contributed by atoms with van der Waals surface area (Å²) in [6.07, 6.45) is 3.09. The van der Waals surface area contributed by atoms with Crippen LogP contribution < -0.4 is 4.74 Å². The smallest absolute Gasteiger partial charge is 0.130 e. The van der Waals surface area contributed by atoms with Crippen LogP contribution in [0.3, 0.4) is 0 Å². The third kappa shape index (κ3) is 24.0. The number of benzene rings is 12. The molecule has 12 aromatic carbocycles. The van der Waals surface area contributed by atoms with E-state index in [0.717, 1.165) is 30.8 Å². The summed E-state index contributed by atoms with van der Waals surface area (Å²) < 4.78 is 5.84. The minimum absolute atomic E-state index is 0.895. The largest absolute Gasteiger partial charge is 0.457 e. The fraction of sp³-hybridized carbons (Fsp3) is 0.242. The molecule has 0 aliphatic rings. The Labute approximate surface area is 580 Å². The molecule has 0 bridgehead atoms. The molecule has 12 aromatic rings. The van der Waals surface area contributed by atoms with Crippen LogP contribution in [-0.4, -0.2) is 0 Å². The molecule has 0 spiro atoms. The van der Waals surface area contributed by atoms with Gasteiger partial charge in [0.2, 0.25) is 0 Å². The standard InChI is InChI=1S/C17H20.3C16H18.C15H16O.C15H16/c1-11-6-8-16(13(3)10-11)17-9-7-12(2)14(4)15(17)5;1-12-4-6-15(7-5-12)11-16-9-13(2)8-14(3)10-16;2*1-12-5-4-6-15(8-12)11-16-9-13(2)7-14(3)10-16;1-11-5-4-6-14(10-11)16-15-8-7-12(2)9-13(15)3;1-11-4-7-14(8-5-11)15-9-6-12(2)10-13(15)3/h6-10H,1-5H3;3*4-10H,11H2,1-3H3;4-10H,1-3H3;4-10H,1-3H3. The van der Waals surface area contributed by atoms with Gasteiger partial charge in [0.1, 0.15) is 11.5 Å². The Balaban J connectivity index is 0.000000163. The second-order valence-corrected chi connectivity index (χ2v) is 27.4. The summed E-state index contributed by atoms with van der Waals surface area (Å²) in [7, 11) is 0. The van der Waals surface area contributed by atoms with Gasteiger partial charge in [0.25, 0.3) is 0 Å². The summed E-state index contributed by atoms with van der Waals surface area (Å²) >= 11 is 0. The van der Waals surface area contributed by atoms with Gasteiger partial charge in [0, 0.05) is 0 Å². The predicted molar refractivity (Wildman–Crippen MR) is 419 cm³/mol. The lowest BCUT2D eigenvalue weighted by Gasteiger charge is -2.14. The maximum absolute atomic E-state index is 5.84. The van der Waals surface area contributed by atoms with Crippen molar-refractivity contribution in [2.45, 2.75) is 158 Å². The molecule has 1 nitrogen and oxygen atoms in total. The van der Waals surface area contributed by atoms with Crippen molar-refractivity contribution in [2.24, 2.45) is 0 Å². The Morgan fingerprint density at radius 2 is 0.542 bits per heavy atom. The summed E-state index contributed by atoms with van der Waals surface area (Å²) in [5.41, 5.74) is 40.3. The van der Waals surface area contributed by atoms with Crippen LogP contribution in [0.15, 0.2) is 243 Å². The van der Waals surface area contributed by atoms with E-state index in [1.807, 2.05) is 24.3 Å². The lowest BCUT2D eigenvalue weighted by molar-refractivity contribution is 0.478. The van der Waals surface area contributed by atoms with E-state index >= 15 is 0 Å². The molecule has 0 fully saturated rings. The predicted octanol–water partition coefficient (Wildman–Crippen LogP) is 26.2.